The van der Waals surface area contributed by atoms with Crippen molar-refractivity contribution < 1.29 is 9.47 Å². The van der Waals surface area contributed by atoms with Crippen molar-refractivity contribution in [2.45, 2.75) is 6.92 Å². The summed E-state index contributed by atoms with van der Waals surface area (Å²) in [6.07, 6.45) is 3.73. The first-order valence-corrected chi connectivity index (χ1v) is 12.1. The van der Waals surface area contributed by atoms with Gasteiger partial charge in [-0.15, -0.1) is 0 Å². The van der Waals surface area contributed by atoms with Gasteiger partial charge in [0.15, 0.2) is 11.5 Å². The molecule has 0 N–H and O–H groups in total. The molecule has 5 heterocycles. The minimum absolute atomic E-state index is 0.295. The lowest BCUT2D eigenvalue weighted by Crippen LogP contribution is -2.47. The van der Waals surface area contributed by atoms with Gasteiger partial charge < -0.3 is 29.1 Å². The highest BCUT2D eigenvalue weighted by atomic mass is 16.7. The molecule has 35 heavy (non-hydrogen) atoms. The molecule has 6 rings (SSSR count). The molecule has 182 valence electrons. The molecular formula is C25H30N8O2. The van der Waals surface area contributed by atoms with Crippen LogP contribution in [-0.4, -0.2) is 91.0 Å². The summed E-state index contributed by atoms with van der Waals surface area (Å²) in [6.45, 7) is 9.74. The van der Waals surface area contributed by atoms with Crippen molar-refractivity contribution in [2.24, 2.45) is 0 Å². The number of hydrogen-bond donors (Lipinski definition) is 0. The second-order valence-electron chi connectivity index (χ2n) is 9.21. The molecule has 10 heteroatoms. The summed E-state index contributed by atoms with van der Waals surface area (Å²) in [5.41, 5.74) is 3.89. The molecule has 2 aromatic heterocycles. The van der Waals surface area contributed by atoms with Crippen LogP contribution in [0.3, 0.4) is 0 Å². The molecule has 0 unspecified atom stereocenters. The van der Waals surface area contributed by atoms with Crippen LogP contribution in [0.4, 0.5) is 17.6 Å². The Morgan fingerprint density at radius 3 is 2.20 bits per heavy atom. The summed E-state index contributed by atoms with van der Waals surface area (Å²) in [6, 6.07) is 8.07. The van der Waals surface area contributed by atoms with E-state index in [1.165, 1.54) is 0 Å². The Bertz CT molecular complexity index is 1210. The molecule has 0 amide bonds. The fourth-order valence-electron chi connectivity index (χ4n) is 4.76. The van der Waals surface area contributed by atoms with E-state index in [1.807, 2.05) is 31.5 Å². The highest BCUT2D eigenvalue weighted by Gasteiger charge is 2.23. The van der Waals surface area contributed by atoms with Crippen LogP contribution in [0.25, 0.3) is 11.3 Å². The van der Waals surface area contributed by atoms with Crippen molar-refractivity contribution in [3.63, 3.8) is 0 Å². The summed E-state index contributed by atoms with van der Waals surface area (Å²) in [5.74, 6) is 3.18. The first kappa shape index (κ1) is 21.8. The van der Waals surface area contributed by atoms with Gasteiger partial charge in [0.25, 0.3) is 0 Å². The minimum atomic E-state index is 0.295. The third-order valence-corrected chi connectivity index (χ3v) is 6.96. The Morgan fingerprint density at radius 1 is 0.743 bits per heavy atom. The number of anilines is 3. The van der Waals surface area contributed by atoms with Crippen LogP contribution < -0.4 is 24.2 Å². The Morgan fingerprint density at radius 2 is 1.43 bits per heavy atom. The number of nitrogens with zero attached hydrogens (tertiary/aromatic N) is 8. The van der Waals surface area contributed by atoms with Gasteiger partial charge in [0.05, 0.1) is 11.4 Å². The molecule has 0 aliphatic carbocycles. The molecule has 3 aliphatic rings. The zero-order valence-electron chi connectivity index (χ0n) is 20.2. The van der Waals surface area contributed by atoms with Gasteiger partial charge in [0.1, 0.15) is 0 Å². The van der Waals surface area contributed by atoms with Crippen molar-refractivity contribution >= 4 is 17.6 Å². The number of fused-ring (bicyclic) bond motifs is 1. The van der Waals surface area contributed by atoms with Gasteiger partial charge in [-0.05, 0) is 32.2 Å². The number of piperazine rings is 2. The third-order valence-electron chi connectivity index (χ3n) is 6.96. The molecule has 1 aromatic carbocycles. The monoisotopic (exact) mass is 474 g/mol. The Hall–Kier alpha value is -3.66. The molecule has 10 nitrogen and oxygen atoms in total. The maximum absolute atomic E-state index is 5.54. The summed E-state index contributed by atoms with van der Waals surface area (Å²) < 4.78 is 11.0. The molecule has 3 aliphatic heterocycles. The smallest absolute Gasteiger partial charge is 0.231 e. The number of benzene rings is 1. The number of aryl methyl sites for hydroxylation is 1. The summed E-state index contributed by atoms with van der Waals surface area (Å²) in [7, 11) is 2.15. The van der Waals surface area contributed by atoms with E-state index in [1.54, 1.807) is 0 Å². The molecule has 0 spiro atoms. The summed E-state index contributed by atoms with van der Waals surface area (Å²) in [5, 5.41) is 0. The average molecular weight is 475 g/mol. The van der Waals surface area contributed by atoms with E-state index >= 15 is 0 Å². The predicted molar refractivity (Wildman–Crippen MR) is 134 cm³/mol. The first-order valence-electron chi connectivity index (χ1n) is 12.1. The molecule has 0 bridgehead atoms. The van der Waals surface area contributed by atoms with E-state index < -0.39 is 0 Å². The van der Waals surface area contributed by atoms with E-state index in [4.69, 9.17) is 19.4 Å². The van der Waals surface area contributed by atoms with E-state index in [0.29, 0.717) is 6.79 Å². The maximum Gasteiger partial charge on any atom is 0.231 e. The van der Waals surface area contributed by atoms with Crippen LogP contribution in [0.1, 0.15) is 5.69 Å². The molecule has 0 saturated carbocycles. The van der Waals surface area contributed by atoms with Crippen LogP contribution in [0.2, 0.25) is 0 Å². The highest BCUT2D eigenvalue weighted by Crippen LogP contribution is 2.36. The van der Waals surface area contributed by atoms with Gasteiger partial charge in [0.2, 0.25) is 18.7 Å². The van der Waals surface area contributed by atoms with Crippen molar-refractivity contribution in [3.05, 3.63) is 42.4 Å². The summed E-state index contributed by atoms with van der Waals surface area (Å²) >= 11 is 0. The summed E-state index contributed by atoms with van der Waals surface area (Å²) in [4.78, 5) is 28.1. The SMILES string of the molecule is Cc1nc(N2CCN(C)CC2)ncc1-c1ccnc(N2CCN(c3ccc4c(c3)OCO4)CC2)n1. The van der Waals surface area contributed by atoms with Gasteiger partial charge >= 0.3 is 0 Å². The Balaban J connectivity index is 1.14. The standard InChI is InChI=1S/C25H30N8O2/c1-18-20(16-27-25(28-18)32-9-7-30(2)8-10-32)21-5-6-26-24(29-21)33-13-11-31(12-14-33)19-3-4-22-23(15-19)35-17-34-22/h3-6,15-16H,7-14,17H2,1-2H3. The number of rotatable bonds is 4. The number of hydrogen-bond acceptors (Lipinski definition) is 10. The lowest BCUT2D eigenvalue weighted by atomic mass is 10.1. The Kier molecular flexibility index (Phi) is 5.73. The van der Waals surface area contributed by atoms with Gasteiger partial charge in [-0.2, -0.15) is 0 Å². The molecule has 3 aromatic rings. The largest absolute Gasteiger partial charge is 0.454 e. The quantitative estimate of drug-likeness (QED) is 0.560. The van der Waals surface area contributed by atoms with Crippen LogP contribution >= 0.6 is 0 Å². The van der Waals surface area contributed by atoms with Gasteiger partial charge in [-0.1, -0.05) is 0 Å². The number of aromatic nitrogens is 4. The van der Waals surface area contributed by atoms with E-state index in [2.05, 4.69) is 48.7 Å². The zero-order valence-corrected chi connectivity index (χ0v) is 20.2. The second kappa shape index (κ2) is 9.18. The normalized spacial score (nSPS) is 18.3. The zero-order chi connectivity index (χ0) is 23.8. The third kappa shape index (κ3) is 4.41. The molecule has 2 saturated heterocycles. The van der Waals surface area contributed by atoms with Crippen LogP contribution in [0.15, 0.2) is 36.7 Å². The van der Waals surface area contributed by atoms with Gasteiger partial charge in [0, 0.05) is 82.1 Å². The van der Waals surface area contributed by atoms with Gasteiger partial charge in [-0.3, -0.25) is 0 Å². The van der Waals surface area contributed by atoms with E-state index in [-0.39, 0.29) is 0 Å². The maximum atomic E-state index is 5.54. The number of likely N-dealkylation sites (N-methyl/N-ethyl adjacent to an activating group) is 1. The van der Waals surface area contributed by atoms with Crippen molar-refractivity contribution in [1.82, 2.24) is 24.8 Å². The second-order valence-corrected chi connectivity index (χ2v) is 9.21. The first-order chi connectivity index (χ1) is 17.1. The van der Waals surface area contributed by atoms with E-state index in [9.17, 15) is 0 Å². The fraction of sp³-hybridized carbons (Fsp3) is 0.440. The minimum Gasteiger partial charge on any atom is -0.454 e. The number of ether oxygens (including phenoxy) is 2. The predicted octanol–water partition coefficient (Wildman–Crippen LogP) is 2.05. The van der Waals surface area contributed by atoms with Crippen molar-refractivity contribution in [1.29, 1.82) is 0 Å². The lowest BCUT2D eigenvalue weighted by molar-refractivity contribution is 0.174. The topological polar surface area (TPSA) is 83.0 Å². The van der Waals surface area contributed by atoms with Crippen LogP contribution in [0.5, 0.6) is 11.5 Å². The van der Waals surface area contributed by atoms with Crippen LogP contribution in [-0.2, 0) is 0 Å². The molecular weight excluding hydrogens is 444 g/mol. The molecule has 2 fully saturated rings. The van der Waals surface area contributed by atoms with Crippen molar-refractivity contribution in [2.75, 3.05) is 80.9 Å². The fourth-order valence-corrected chi connectivity index (χ4v) is 4.76. The van der Waals surface area contributed by atoms with Crippen molar-refractivity contribution in [3.8, 4) is 22.8 Å². The molecule has 0 atom stereocenters. The Labute approximate surface area is 205 Å². The lowest BCUT2D eigenvalue weighted by Gasteiger charge is -2.36. The van der Waals surface area contributed by atoms with Crippen LogP contribution in [0, 0.1) is 6.92 Å². The highest BCUT2D eigenvalue weighted by molar-refractivity contribution is 5.63. The molecule has 0 radical (unpaired) electrons. The average Bonchev–Trinajstić information content (AvgIpc) is 3.37. The van der Waals surface area contributed by atoms with Gasteiger partial charge in [-0.25, -0.2) is 19.9 Å². The van der Waals surface area contributed by atoms with E-state index in [0.717, 1.165) is 98.4 Å².